The molecule has 1 heterocycles. The number of hydrogen-bond acceptors (Lipinski definition) is 4. The summed E-state index contributed by atoms with van der Waals surface area (Å²) in [6.07, 6.45) is 5.68. The zero-order valence-corrected chi connectivity index (χ0v) is 10.0. The Morgan fingerprint density at radius 3 is 2.82 bits per heavy atom. The number of rotatable bonds is 0. The van der Waals surface area contributed by atoms with Gasteiger partial charge in [0, 0.05) is 11.8 Å². The number of hydrogen-bond donors (Lipinski definition) is 1. The van der Waals surface area contributed by atoms with Crippen LogP contribution in [0.1, 0.15) is 20.3 Å². The van der Waals surface area contributed by atoms with E-state index in [1.807, 2.05) is 13.8 Å². The van der Waals surface area contributed by atoms with Crippen LogP contribution < -0.4 is 0 Å². The first-order valence-corrected chi connectivity index (χ1v) is 6.36. The van der Waals surface area contributed by atoms with Crippen LogP contribution in [-0.4, -0.2) is 28.9 Å². The second-order valence-corrected chi connectivity index (χ2v) is 6.10. The molecule has 0 aromatic carbocycles. The Hall–Kier alpha value is -0.870. The summed E-state index contributed by atoms with van der Waals surface area (Å²) in [7, 11) is 0. The van der Waals surface area contributed by atoms with E-state index >= 15 is 0 Å². The minimum absolute atomic E-state index is 0.0702. The molecule has 0 unspecified atom stereocenters. The lowest BCUT2D eigenvalue weighted by Gasteiger charge is -2.27. The largest absolute Gasteiger partial charge is 0.411 e. The van der Waals surface area contributed by atoms with Crippen LogP contribution in [0, 0.1) is 23.7 Å². The van der Waals surface area contributed by atoms with Gasteiger partial charge in [-0.05, 0) is 32.1 Å². The molecule has 17 heavy (non-hydrogen) atoms. The van der Waals surface area contributed by atoms with Crippen LogP contribution in [0.25, 0.3) is 0 Å². The maximum Gasteiger partial charge on any atom is 0.164 e. The highest BCUT2D eigenvalue weighted by Crippen LogP contribution is 2.58. The van der Waals surface area contributed by atoms with Crippen LogP contribution in [0.3, 0.4) is 0 Å². The van der Waals surface area contributed by atoms with Gasteiger partial charge in [0.15, 0.2) is 5.79 Å². The summed E-state index contributed by atoms with van der Waals surface area (Å²) in [4.78, 5) is 0. The molecule has 6 atom stereocenters. The van der Waals surface area contributed by atoms with Crippen molar-refractivity contribution in [2.75, 3.05) is 0 Å². The highest BCUT2D eigenvalue weighted by Gasteiger charge is 2.64. The molecule has 1 saturated heterocycles. The van der Waals surface area contributed by atoms with Crippen molar-refractivity contribution in [3.05, 3.63) is 12.2 Å². The molecule has 92 valence electrons. The summed E-state index contributed by atoms with van der Waals surface area (Å²) in [5.74, 6) is 1.33. The predicted octanol–water partition coefficient (Wildman–Crippen LogP) is 1.79. The third-order valence-electron chi connectivity index (χ3n) is 4.78. The van der Waals surface area contributed by atoms with E-state index in [1.54, 1.807) is 0 Å². The Kier molecular flexibility index (Phi) is 1.74. The molecule has 0 aromatic rings. The average molecular weight is 235 g/mol. The van der Waals surface area contributed by atoms with E-state index in [0.29, 0.717) is 23.7 Å². The maximum absolute atomic E-state index is 9.29. The maximum atomic E-state index is 9.29. The summed E-state index contributed by atoms with van der Waals surface area (Å²) in [5, 5.41) is 12.8. The van der Waals surface area contributed by atoms with Gasteiger partial charge in [-0.1, -0.05) is 17.3 Å². The Labute approximate surface area is 100 Å². The topological polar surface area (TPSA) is 51.0 Å². The molecule has 4 nitrogen and oxygen atoms in total. The Morgan fingerprint density at radius 1 is 1.29 bits per heavy atom. The van der Waals surface area contributed by atoms with Crippen molar-refractivity contribution >= 4 is 5.71 Å². The van der Waals surface area contributed by atoms with Crippen molar-refractivity contribution in [2.24, 2.45) is 28.8 Å². The molecule has 0 spiro atoms. The van der Waals surface area contributed by atoms with E-state index in [-0.39, 0.29) is 12.2 Å². The Balaban J connectivity index is 1.77. The monoisotopic (exact) mass is 235 g/mol. The molecule has 0 aromatic heterocycles. The molecule has 3 aliphatic carbocycles. The van der Waals surface area contributed by atoms with Gasteiger partial charge in [-0.15, -0.1) is 0 Å². The molecule has 2 bridgehead atoms. The Morgan fingerprint density at radius 2 is 2.06 bits per heavy atom. The summed E-state index contributed by atoms with van der Waals surface area (Å²) in [6.45, 7) is 3.86. The molecule has 2 saturated carbocycles. The molecule has 4 heteroatoms. The zero-order valence-electron chi connectivity index (χ0n) is 10.0. The van der Waals surface area contributed by atoms with E-state index in [1.165, 1.54) is 6.42 Å². The van der Waals surface area contributed by atoms with Crippen molar-refractivity contribution in [1.29, 1.82) is 0 Å². The van der Waals surface area contributed by atoms with Gasteiger partial charge in [-0.25, -0.2) is 0 Å². The van der Waals surface area contributed by atoms with E-state index in [2.05, 4.69) is 17.3 Å². The lowest BCUT2D eigenvalue weighted by atomic mass is 9.84. The van der Waals surface area contributed by atoms with Gasteiger partial charge < -0.3 is 14.7 Å². The van der Waals surface area contributed by atoms with Crippen molar-refractivity contribution in [3.63, 3.8) is 0 Å². The van der Waals surface area contributed by atoms with Crippen LogP contribution in [0.4, 0.5) is 0 Å². The van der Waals surface area contributed by atoms with Gasteiger partial charge in [0.2, 0.25) is 0 Å². The van der Waals surface area contributed by atoms with E-state index in [0.717, 1.165) is 5.71 Å². The third kappa shape index (κ3) is 1.13. The number of allylic oxidation sites excluding steroid dienone is 2. The second-order valence-electron chi connectivity index (χ2n) is 6.10. The highest BCUT2D eigenvalue weighted by atomic mass is 16.8. The number of nitrogens with zero attached hydrogens (tertiary/aromatic N) is 1. The molecule has 1 N–H and O–H groups in total. The Bertz CT molecular complexity index is 428. The molecular formula is C13H17NO3. The summed E-state index contributed by atoms with van der Waals surface area (Å²) in [5.41, 5.74) is 0.808. The molecule has 1 aliphatic heterocycles. The molecule has 3 fully saturated rings. The SMILES string of the molecule is CC1(C)O[C@H]2[C@H]3[C@@H](/C(=N\O)[C@H]2O1)[C@H]1C=C[C@@H]3C1. The summed E-state index contributed by atoms with van der Waals surface area (Å²) < 4.78 is 11.9. The first-order chi connectivity index (χ1) is 8.11. The van der Waals surface area contributed by atoms with Gasteiger partial charge in [0.05, 0.1) is 11.8 Å². The van der Waals surface area contributed by atoms with Crippen molar-refractivity contribution in [3.8, 4) is 0 Å². The second kappa shape index (κ2) is 2.93. The molecule has 0 amide bonds. The van der Waals surface area contributed by atoms with Crippen LogP contribution >= 0.6 is 0 Å². The smallest absolute Gasteiger partial charge is 0.164 e. The molecule has 4 rings (SSSR count). The molecule has 4 aliphatic rings. The van der Waals surface area contributed by atoms with Crippen molar-refractivity contribution < 1.29 is 14.7 Å². The van der Waals surface area contributed by atoms with Gasteiger partial charge in [0.25, 0.3) is 0 Å². The number of oxime groups is 1. The first-order valence-electron chi connectivity index (χ1n) is 6.36. The normalized spacial score (nSPS) is 55.5. The fraction of sp³-hybridized carbons (Fsp3) is 0.769. The van der Waals surface area contributed by atoms with Gasteiger partial charge in [0.1, 0.15) is 6.10 Å². The minimum atomic E-state index is -0.554. The standard InChI is InChI=1S/C13H17NO3/c1-13(2)16-11-9-7-4-3-6(5-7)8(9)10(14-15)12(11)17-13/h3-4,6-9,11-12,15H,5H2,1-2H3/b14-10+/t6-,7+,8-,9+,11-,12+/m0/s1. The first kappa shape index (κ1) is 10.1. The van der Waals surface area contributed by atoms with Gasteiger partial charge in [-0.2, -0.15) is 0 Å². The van der Waals surface area contributed by atoms with E-state index in [4.69, 9.17) is 9.47 Å². The van der Waals surface area contributed by atoms with Crippen LogP contribution in [0.5, 0.6) is 0 Å². The van der Waals surface area contributed by atoms with Gasteiger partial charge >= 0.3 is 0 Å². The van der Waals surface area contributed by atoms with E-state index in [9.17, 15) is 5.21 Å². The zero-order chi connectivity index (χ0) is 11.8. The summed E-state index contributed by atoms with van der Waals surface area (Å²) in [6, 6.07) is 0. The molecule has 0 radical (unpaired) electrons. The summed E-state index contributed by atoms with van der Waals surface area (Å²) >= 11 is 0. The average Bonchev–Trinajstić information content (AvgIpc) is 2.94. The number of ether oxygens (including phenoxy) is 2. The van der Waals surface area contributed by atoms with Crippen molar-refractivity contribution in [2.45, 2.75) is 38.3 Å². The van der Waals surface area contributed by atoms with Crippen LogP contribution in [0.2, 0.25) is 0 Å². The van der Waals surface area contributed by atoms with Crippen LogP contribution in [-0.2, 0) is 9.47 Å². The molecular weight excluding hydrogens is 218 g/mol. The van der Waals surface area contributed by atoms with Crippen LogP contribution in [0.15, 0.2) is 17.3 Å². The van der Waals surface area contributed by atoms with Gasteiger partial charge in [-0.3, -0.25) is 0 Å². The lowest BCUT2D eigenvalue weighted by Crippen LogP contribution is -2.31. The predicted molar refractivity (Wildman–Crippen MR) is 60.8 cm³/mol. The quantitative estimate of drug-likeness (QED) is 0.395. The highest BCUT2D eigenvalue weighted by molar-refractivity contribution is 5.95. The minimum Gasteiger partial charge on any atom is -0.411 e. The lowest BCUT2D eigenvalue weighted by molar-refractivity contribution is -0.152. The van der Waals surface area contributed by atoms with E-state index < -0.39 is 5.79 Å². The fourth-order valence-corrected chi connectivity index (χ4v) is 4.34. The fourth-order valence-electron chi connectivity index (χ4n) is 4.34. The van der Waals surface area contributed by atoms with Crippen molar-refractivity contribution in [1.82, 2.24) is 0 Å². The third-order valence-corrected chi connectivity index (χ3v) is 4.78. The number of fused-ring (bicyclic) bond motifs is 7.